The van der Waals surface area contributed by atoms with Crippen molar-refractivity contribution in [3.8, 4) is 5.75 Å². The van der Waals surface area contributed by atoms with Gasteiger partial charge in [-0.2, -0.15) is 0 Å². The van der Waals surface area contributed by atoms with Crippen molar-refractivity contribution < 1.29 is 14.3 Å². The fourth-order valence-corrected chi connectivity index (χ4v) is 8.41. The lowest BCUT2D eigenvalue weighted by Crippen LogP contribution is -2.76. The van der Waals surface area contributed by atoms with E-state index in [1.54, 1.807) is 7.11 Å². The van der Waals surface area contributed by atoms with Crippen LogP contribution in [0.15, 0.2) is 18.2 Å². The highest BCUT2D eigenvalue weighted by Gasteiger charge is 2.78. The van der Waals surface area contributed by atoms with E-state index < -0.39 is 0 Å². The van der Waals surface area contributed by atoms with Crippen LogP contribution in [0.1, 0.15) is 51.0 Å². The predicted molar refractivity (Wildman–Crippen MR) is 107 cm³/mol. The van der Waals surface area contributed by atoms with E-state index in [1.807, 2.05) is 0 Å². The Bertz CT molecular complexity index is 856. The molecule has 6 aliphatic rings. The Hall–Kier alpha value is -1.75. The first-order valence-corrected chi connectivity index (χ1v) is 10.9. The molecule has 3 aliphatic carbocycles. The number of hydrogen-bond acceptors (Lipinski definition) is 5. The van der Waals surface area contributed by atoms with Gasteiger partial charge in [0.15, 0.2) is 0 Å². The number of nitrogens with one attached hydrogen (secondary N) is 1. The van der Waals surface area contributed by atoms with Gasteiger partial charge in [-0.05, 0) is 68.7 Å². The van der Waals surface area contributed by atoms with Crippen molar-refractivity contribution >= 4 is 11.7 Å². The summed E-state index contributed by atoms with van der Waals surface area (Å²) in [7, 11) is 1.77. The van der Waals surface area contributed by atoms with Gasteiger partial charge in [0.25, 0.3) is 0 Å². The van der Waals surface area contributed by atoms with Crippen LogP contribution in [0.4, 0.5) is 5.69 Å². The van der Waals surface area contributed by atoms with Crippen molar-refractivity contribution in [1.82, 2.24) is 4.90 Å². The molecule has 2 saturated heterocycles. The number of esters is 1. The summed E-state index contributed by atoms with van der Waals surface area (Å²) >= 11 is 0. The second kappa shape index (κ2) is 5.44. The van der Waals surface area contributed by atoms with E-state index in [4.69, 9.17) is 9.47 Å². The summed E-state index contributed by atoms with van der Waals surface area (Å²) in [5, 5.41) is 4.04. The van der Waals surface area contributed by atoms with Crippen LogP contribution in [-0.2, 0) is 14.9 Å². The molecule has 1 aromatic carbocycles. The van der Waals surface area contributed by atoms with Gasteiger partial charge in [0.05, 0.1) is 24.9 Å². The summed E-state index contributed by atoms with van der Waals surface area (Å²) in [6, 6.07) is 7.19. The van der Waals surface area contributed by atoms with E-state index in [1.165, 1.54) is 69.8 Å². The van der Waals surface area contributed by atoms with Crippen LogP contribution < -0.4 is 10.1 Å². The number of carbonyl (C=O) groups excluding carboxylic acids is 1. The molecule has 0 aromatic heterocycles. The van der Waals surface area contributed by atoms with Crippen LogP contribution in [-0.4, -0.2) is 49.3 Å². The van der Waals surface area contributed by atoms with Crippen LogP contribution in [0, 0.1) is 11.3 Å². The van der Waals surface area contributed by atoms with Gasteiger partial charge in [-0.1, -0.05) is 12.1 Å². The molecule has 3 aliphatic heterocycles. The largest absolute Gasteiger partial charge is 0.495 e. The minimum atomic E-state index is -0.161. The lowest BCUT2D eigenvalue weighted by Gasteiger charge is -2.69. The Morgan fingerprint density at radius 1 is 1.25 bits per heavy atom. The Balaban J connectivity index is 1.57. The summed E-state index contributed by atoms with van der Waals surface area (Å²) < 4.78 is 11.4. The summed E-state index contributed by atoms with van der Waals surface area (Å²) in [5.41, 5.74) is 3.10. The molecule has 5 atom stereocenters. The molecule has 1 aromatic rings. The summed E-state index contributed by atoms with van der Waals surface area (Å²) in [5.74, 6) is 1.15. The number of ether oxygens (including phenoxy) is 2. The van der Waals surface area contributed by atoms with Gasteiger partial charge < -0.3 is 14.8 Å². The summed E-state index contributed by atoms with van der Waals surface area (Å²) in [6.45, 7) is 4.49. The molecule has 0 radical (unpaired) electrons. The first-order chi connectivity index (χ1) is 13.6. The third kappa shape index (κ3) is 1.76. The molecule has 3 heterocycles. The molecule has 0 unspecified atom stereocenters. The second-order valence-corrected chi connectivity index (χ2v) is 9.81. The molecule has 5 nitrogen and oxygen atoms in total. The van der Waals surface area contributed by atoms with Crippen molar-refractivity contribution in [2.24, 2.45) is 11.3 Å². The monoisotopic (exact) mass is 382 g/mol. The van der Waals surface area contributed by atoms with E-state index in [2.05, 4.69) is 28.4 Å². The van der Waals surface area contributed by atoms with Crippen molar-refractivity contribution in [2.75, 3.05) is 32.1 Å². The maximum atomic E-state index is 11.7. The lowest BCUT2D eigenvalue weighted by molar-refractivity contribution is -0.158. The van der Waals surface area contributed by atoms with Gasteiger partial charge >= 0.3 is 5.97 Å². The first-order valence-electron chi connectivity index (χ1n) is 10.9. The molecule has 1 N–H and O–H groups in total. The second-order valence-electron chi connectivity index (χ2n) is 9.81. The molecule has 3 spiro atoms. The van der Waals surface area contributed by atoms with Crippen molar-refractivity contribution in [3.05, 3.63) is 23.8 Å². The standard InChI is InChI=1S/C23H30N2O3/c1-15(26)28-14-16-13-21-7-4-11-25-12-10-22(20(21)25)17-5-3-6-18(27-2)19(17)24-23(16,22)9-8-21/h3,5-6,16,20,24H,4,7-14H2,1-2H3/t16-,20+,21-,22-,23-/m1/s1. The Morgan fingerprint density at radius 2 is 2.14 bits per heavy atom. The summed E-state index contributed by atoms with van der Waals surface area (Å²) in [6.07, 6.45) is 7.45. The highest BCUT2D eigenvalue weighted by molar-refractivity contribution is 5.74. The molecule has 7 rings (SSSR count). The van der Waals surface area contributed by atoms with Gasteiger partial charge in [0.1, 0.15) is 5.75 Å². The fraction of sp³-hybridized carbons (Fsp3) is 0.696. The number of methoxy groups -OCH3 is 1. The first kappa shape index (κ1) is 17.1. The average Bonchev–Trinajstić information content (AvgIpc) is 3.24. The lowest BCUT2D eigenvalue weighted by atomic mass is 9.39. The quantitative estimate of drug-likeness (QED) is 0.813. The van der Waals surface area contributed by atoms with Crippen molar-refractivity contribution in [3.63, 3.8) is 0 Å². The number of fused-ring (bicyclic) bond motifs is 3. The number of nitrogens with zero attached hydrogens (tertiary/aromatic N) is 1. The molecule has 0 amide bonds. The van der Waals surface area contributed by atoms with Crippen LogP contribution >= 0.6 is 0 Å². The Kier molecular flexibility index (Phi) is 3.33. The maximum Gasteiger partial charge on any atom is 0.302 e. The predicted octanol–water partition coefficient (Wildman–Crippen LogP) is 3.33. The number of rotatable bonds is 3. The van der Waals surface area contributed by atoms with Gasteiger partial charge in [-0.15, -0.1) is 0 Å². The van der Waals surface area contributed by atoms with E-state index in [0.29, 0.717) is 24.0 Å². The van der Waals surface area contributed by atoms with Gasteiger partial charge in [-0.3, -0.25) is 9.69 Å². The summed E-state index contributed by atoms with van der Waals surface area (Å²) in [4.78, 5) is 14.5. The van der Waals surface area contributed by atoms with Crippen LogP contribution in [0.2, 0.25) is 0 Å². The molecular formula is C23H30N2O3. The van der Waals surface area contributed by atoms with Crippen molar-refractivity contribution in [2.45, 2.75) is 62.4 Å². The van der Waals surface area contributed by atoms with E-state index >= 15 is 0 Å². The van der Waals surface area contributed by atoms with E-state index in [0.717, 1.165) is 5.75 Å². The Morgan fingerprint density at radius 3 is 2.96 bits per heavy atom. The van der Waals surface area contributed by atoms with Gasteiger partial charge in [-0.25, -0.2) is 0 Å². The van der Waals surface area contributed by atoms with Gasteiger partial charge in [0.2, 0.25) is 0 Å². The molecular weight excluding hydrogens is 352 g/mol. The van der Waals surface area contributed by atoms with E-state index in [9.17, 15) is 4.79 Å². The van der Waals surface area contributed by atoms with Crippen LogP contribution in [0.25, 0.3) is 0 Å². The number of anilines is 1. The van der Waals surface area contributed by atoms with Crippen molar-refractivity contribution in [1.29, 1.82) is 0 Å². The normalized spacial score (nSPS) is 42.4. The molecule has 150 valence electrons. The zero-order valence-electron chi connectivity index (χ0n) is 16.9. The molecule has 5 fully saturated rings. The highest BCUT2D eigenvalue weighted by atomic mass is 16.5. The zero-order chi connectivity index (χ0) is 19.1. The number of piperidine rings is 1. The molecule has 3 saturated carbocycles. The number of hydrogen-bond donors (Lipinski definition) is 1. The minimum absolute atomic E-state index is 0.0298. The zero-order valence-corrected chi connectivity index (χ0v) is 16.9. The third-order valence-corrected chi connectivity index (χ3v) is 9.05. The topological polar surface area (TPSA) is 50.8 Å². The van der Waals surface area contributed by atoms with E-state index in [-0.39, 0.29) is 16.9 Å². The SMILES string of the molecule is COc1cccc2c1N[C@@]13CC[C@]4(CCCN5CC[C@]21[C@@H]54)C[C@@H]3COC(C)=O. The molecule has 5 heteroatoms. The average molecular weight is 383 g/mol. The van der Waals surface area contributed by atoms with Crippen LogP contribution in [0.5, 0.6) is 5.75 Å². The third-order valence-electron chi connectivity index (χ3n) is 9.05. The number of para-hydroxylation sites is 1. The molecule has 2 bridgehead atoms. The number of benzene rings is 1. The van der Waals surface area contributed by atoms with Gasteiger partial charge in [0, 0.05) is 24.3 Å². The maximum absolute atomic E-state index is 11.7. The fourth-order valence-electron chi connectivity index (χ4n) is 8.41. The Labute approximate surface area is 166 Å². The highest BCUT2D eigenvalue weighted by Crippen LogP contribution is 2.74. The molecule has 28 heavy (non-hydrogen) atoms. The van der Waals surface area contributed by atoms with Crippen LogP contribution in [0.3, 0.4) is 0 Å². The number of carbonyl (C=O) groups is 1. The minimum Gasteiger partial charge on any atom is -0.495 e. The smallest absolute Gasteiger partial charge is 0.302 e.